The summed E-state index contributed by atoms with van der Waals surface area (Å²) in [7, 11) is 0. The molecule has 4 nitrogen and oxygen atoms in total. The minimum absolute atomic E-state index is 0. The average molecular weight is 759 g/mol. The number of ketones is 1. The van der Waals surface area contributed by atoms with Crippen molar-refractivity contribution in [3.05, 3.63) is 84.3 Å². The molecule has 5 rings (SSSR count). The quantitative estimate of drug-likeness (QED) is 0.0869. The number of hydrogen-bond acceptors (Lipinski definition) is 4. The Morgan fingerprint density at radius 2 is 1.67 bits per heavy atom. The number of carbonyl (C=O) groups is 1. The summed E-state index contributed by atoms with van der Waals surface area (Å²) in [5, 5.41) is 13.0. The summed E-state index contributed by atoms with van der Waals surface area (Å²) in [6.07, 6.45) is 3.03. The zero-order chi connectivity index (χ0) is 27.8. The van der Waals surface area contributed by atoms with Gasteiger partial charge in [0.2, 0.25) is 0 Å². The van der Waals surface area contributed by atoms with Crippen LogP contribution in [0.15, 0.2) is 77.0 Å². The Bertz CT molecular complexity index is 1680. The first-order chi connectivity index (χ1) is 17.8. The number of hydrogen-bond donors (Lipinski definition) is 1. The number of benzene rings is 3. The fourth-order valence-electron chi connectivity index (χ4n) is 4.81. The van der Waals surface area contributed by atoms with Crippen LogP contribution in [0.25, 0.3) is 44.0 Å². The molecule has 0 amide bonds. The molecule has 0 atom stereocenters. The van der Waals surface area contributed by atoms with Crippen molar-refractivity contribution in [3.8, 4) is 11.3 Å². The Hall–Kier alpha value is -2.73. The zero-order valence-corrected chi connectivity index (χ0v) is 28.4. The Labute approximate surface area is 247 Å². The molecule has 1 N–H and O–H groups in total. The van der Waals surface area contributed by atoms with Gasteiger partial charge in [0.25, 0.3) is 0 Å². The van der Waals surface area contributed by atoms with Crippen molar-refractivity contribution >= 4 is 56.2 Å². The predicted molar refractivity (Wildman–Crippen MR) is 162 cm³/mol. The van der Waals surface area contributed by atoms with Crippen molar-refractivity contribution in [2.24, 2.45) is 0 Å². The van der Waals surface area contributed by atoms with E-state index in [1.165, 1.54) is 35.3 Å². The van der Waals surface area contributed by atoms with Crippen LogP contribution in [0, 0.1) is 6.07 Å². The van der Waals surface area contributed by atoms with Crippen LogP contribution in [0.2, 0.25) is 17.3 Å². The molecule has 0 saturated heterocycles. The van der Waals surface area contributed by atoms with Gasteiger partial charge in [-0.2, -0.15) is 0 Å². The van der Waals surface area contributed by atoms with E-state index in [0.29, 0.717) is 0 Å². The molecule has 39 heavy (non-hydrogen) atoms. The molecular weight excluding hydrogens is 723 g/mol. The number of para-hydroxylation sites is 1. The summed E-state index contributed by atoms with van der Waals surface area (Å²) in [6, 6.07) is 23.0. The van der Waals surface area contributed by atoms with E-state index in [4.69, 9.17) is 14.5 Å². The largest absolute Gasteiger partial charge is 0 e. The number of aromatic nitrogens is 1. The molecule has 0 aliphatic heterocycles. The van der Waals surface area contributed by atoms with E-state index in [9.17, 15) is 4.79 Å². The molecule has 0 aliphatic rings. The van der Waals surface area contributed by atoms with Gasteiger partial charge in [0.15, 0.2) is 5.78 Å². The molecule has 0 fully saturated rings. The van der Waals surface area contributed by atoms with Gasteiger partial charge >= 0.3 is 187 Å². The molecule has 5 aromatic rings. The van der Waals surface area contributed by atoms with E-state index in [2.05, 4.69) is 92.6 Å². The van der Waals surface area contributed by atoms with Gasteiger partial charge in [0, 0.05) is 26.2 Å². The van der Waals surface area contributed by atoms with E-state index in [0.717, 1.165) is 38.6 Å². The summed E-state index contributed by atoms with van der Waals surface area (Å²) >= 11 is -2.09. The topological polar surface area (TPSA) is 63.3 Å². The number of aliphatic hydroxyl groups is 1. The van der Waals surface area contributed by atoms with Crippen LogP contribution in [0.4, 0.5) is 0 Å². The van der Waals surface area contributed by atoms with Gasteiger partial charge in [-0.15, -0.1) is 0 Å². The molecular formula is C33H36GeIrNO3-. The number of nitrogens with zero attached hydrogens (tertiary/aromatic N) is 1. The van der Waals surface area contributed by atoms with Gasteiger partial charge in [0.1, 0.15) is 0 Å². The van der Waals surface area contributed by atoms with Crippen LogP contribution >= 0.6 is 0 Å². The number of aliphatic hydroxyl groups excluding tert-OH is 1. The van der Waals surface area contributed by atoms with Crippen molar-refractivity contribution in [1.82, 2.24) is 4.98 Å². The molecule has 1 radical (unpaired) electrons. The second-order valence-corrected chi connectivity index (χ2v) is 22.4. The zero-order valence-electron chi connectivity index (χ0n) is 23.9. The predicted octanol–water partition coefficient (Wildman–Crippen LogP) is 8.48. The first-order valence-electron chi connectivity index (χ1n) is 12.9. The SMILES string of the molecule is CC(=O)/C=C(/C)O.CC(C)(C)c1cc(-c2nccc3oc4[c]([Ge]([CH3])([CH3])[CH3])cccc4c23)[c-]c2ccccc12.[Ir]. The normalized spacial score (nSPS) is 12.3. The van der Waals surface area contributed by atoms with Crippen molar-refractivity contribution in [3.63, 3.8) is 0 Å². The second-order valence-electron chi connectivity index (χ2n) is 11.9. The van der Waals surface area contributed by atoms with Gasteiger partial charge < -0.3 is 5.11 Å². The van der Waals surface area contributed by atoms with E-state index in [-0.39, 0.29) is 37.1 Å². The van der Waals surface area contributed by atoms with Crippen LogP contribution in [0.5, 0.6) is 0 Å². The molecule has 2 heterocycles. The molecule has 0 saturated carbocycles. The number of furan rings is 1. The maximum atomic E-state index is 10.0. The van der Waals surface area contributed by atoms with Gasteiger partial charge in [0.05, 0.1) is 5.76 Å². The van der Waals surface area contributed by atoms with E-state index < -0.39 is 13.3 Å². The summed E-state index contributed by atoms with van der Waals surface area (Å²) in [5.74, 6) is 7.17. The van der Waals surface area contributed by atoms with Crippen molar-refractivity contribution in [2.75, 3.05) is 0 Å². The van der Waals surface area contributed by atoms with Gasteiger partial charge in [-0.25, -0.2) is 0 Å². The smallest absolute Gasteiger partial charge is 0 e. The Balaban J connectivity index is 0.000000468. The van der Waals surface area contributed by atoms with E-state index in [1.807, 2.05) is 12.3 Å². The van der Waals surface area contributed by atoms with E-state index in [1.54, 1.807) is 0 Å². The van der Waals surface area contributed by atoms with Crippen LogP contribution in [-0.2, 0) is 30.3 Å². The molecule has 0 spiro atoms. The molecule has 0 bridgehead atoms. The molecule has 6 heteroatoms. The minimum Gasteiger partial charge on any atom is 0 e. The van der Waals surface area contributed by atoms with Crippen molar-refractivity contribution in [2.45, 2.75) is 57.3 Å². The number of allylic oxidation sites excluding steroid dienone is 2. The van der Waals surface area contributed by atoms with Crippen molar-refractivity contribution < 1.29 is 34.4 Å². The molecule has 2 aromatic heterocycles. The number of fused-ring (bicyclic) bond motifs is 4. The summed E-state index contributed by atoms with van der Waals surface area (Å²) in [4.78, 5) is 14.9. The van der Waals surface area contributed by atoms with E-state index >= 15 is 0 Å². The van der Waals surface area contributed by atoms with Crippen LogP contribution in [0.1, 0.15) is 40.2 Å². The third kappa shape index (κ3) is 6.71. The maximum Gasteiger partial charge on any atom is 0 e. The fraction of sp³-hybridized carbons (Fsp3) is 0.273. The van der Waals surface area contributed by atoms with Gasteiger partial charge in [-0.05, 0) is 13.8 Å². The summed E-state index contributed by atoms with van der Waals surface area (Å²) in [5.41, 5.74) is 5.25. The maximum absolute atomic E-state index is 10.0. The Morgan fingerprint density at radius 1 is 1.00 bits per heavy atom. The number of rotatable bonds is 3. The fourth-order valence-corrected chi connectivity index (χ4v) is 7.88. The van der Waals surface area contributed by atoms with Gasteiger partial charge in [-0.1, -0.05) is 0 Å². The number of pyridine rings is 1. The van der Waals surface area contributed by atoms with Crippen LogP contribution in [0.3, 0.4) is 0 Å². The third-order valence-corrected chi connectivity index (χ3v) is 10.7. The minimum atomic E-state index is -2.09. The number of carbonyl (C=O) groups excluding carboxylic acids is 1. The summed E-state index contributed by atoms with van der Waals surface area (Å²) < 4.78 is 7.85. The Morgan fingerprint density at radius 3 is 2.26 bits per heavy atom. The van der Waals surface area contributed by atoms with Crippen LogP contribution < -0.4 is 4.40 Å². The molecule has 0 aliphatic carbocycles. The average Bonchev–Trinajstić information content (AvgIpc) is 3.20. The third-order valence-electron chi connectivity index (χ3n) is 6.47. The molecule has 3 aromatic carbocycles. The molecule has 0 unspecified atom stereocenters. The Kier molecular flexibility index (Phi) is 9.32. The molecule has 205 valence electrons. The second kappa shape index (κ2) is 11.8. The standard InChI is InChI=1S/C28H28GeNO.C5H8O2.Ir/c1-28(2,3)22-17-19(16-18-10-7-8-11-20(18)22)26-25-21-12-9-13-23(29(4,5)6)27(21)31-24(25)14-15-30-26;1-4(6)3-5(2)7;/h7-15,17H,1-6H3;3,6H,1-2H3;/q-1;;/b;4-3-;. The monoisotopic (exact) mass is 761 g/mol. The first-order valence-corrected chi connectivity index (χ1v) is 20.3. The van der Waals surface area contributed by atoms with Crippen LogP contribution in [-0.4, -0.2) is 29.1 Å². The van der Waals surface area contributed by atoms with Crippen molar-refractivity contribution in [1.29, 1.82) is 0 Å². The first kappa shape index (κ1) is 30.8. The summed E-state index contributed by atoms with van der Waals surface area (Å²) in [6.45, 7) is 9.64. The van der Waals surface area contributed by atoms with Gasteiger partial charge in [-0.3, -0.25) is 4.79 Å².